The number of benzene rings is 2. The highest BCUT2D eigenvalue weighted by Crippen LogP contribution is 2.60. The lowest BCUT2D eigenvalue weighted by atomic mass is 9.74. The van der Waals surface area contributed by atoms with Gasteiger partial charge in [0.1, 0.15) is 22.3 Å². The molecule has 41 heavy (non-hydrogen) atoms. The van der Waals surface area contributed by atoms with E-state index in [1.165, 1.54) is 6.07 Å². The molecule has 4 aliphatic rings. The summed E-state index contributed by atoms with van der Waals surface area (Å²) in [6.45, 7) is 2.80. The van der Waals surface area contributed by atoms with Crippen LogP contribution in [0.25, 0.3) is 0 Å². The van der Waals surface area contributed by atoms with E-state index in [2.05, 4.69) is 20.5 Å². The minimum absolute atomic E-state index is 0.0202. The zero-order chi connectivity index (χ0) is 28.5. The van der Waals surface area contributed by atoms with Crippen LogP contribution in [0.5, 0.6) is 0 Å². The normalized spacial score (nSPS) is 28.5. The van der Waals surface area contributed by atoms with Crippen LogP contribution in [-0.4, -0.2) is 47.0 Å². The number of nitrogens with one attached hydrogen (secondary N) is 2. The molecule has 4 heterocycles. The molecule has 0 radical (unpaired) electrons. The number of hydrogen-bond donors (Lipinski definition) is 2. The number of pyridine rings is 1. The number of anilines is 1. The van der Waals surface area contributed by atoms with Gasteiger partial charge in [0.05, 0.1) is 17.2 Å². The standard InChI is InChI=1S/C31H29Cl2FN4O3/c1-2-41-29(39)18-10-8-17(9-11-18)22-14-23-27(35-22)25(19-4-3-5-21(32)26(19)34)31(38(23)15-16-6-7-16)20-12-13-24(33)36-28(20)37-30(31)40/h3-5,8-13,16,22-23,25,27,35H,2,6-7,14-15H2,1H3,(H,36,37,40)/t22-,23+,25+,27-,31-/m1/s1. The average molecular weight is 596 g/mol. The van der Waals surface area contributed by atoms with Crippen molar-refractivity contribution in [2.45, 2.75) is 55.8 Å². The predicted octanol–water partition coefficient (Wildman–Crippen LogP) is 5.83. The molecule has 2 aromatic carbocycles. The SMILES string of the molecule is CCOC(=O)c1ccc([C@H]2C[C@H]3[C@@H](N2)[C@H](c2cccc(Cl)c2F)[C@]2(C(=O)Nc4nc(Cl)ccc42)N3CC2CC2)cc1. The lowest BCUT2D eigenvalue weighted by molar-refractivity contribution is -0.128. The molecular formula is C31H29Cl2FN4O3. The Kier molecular flexibility index (Phi) is 6.58. The summed E-state index contributed by atoms with van der Waals surface area (Å²) < 4.78 is 21.1. The van der Waals surface area contributed by atoms with Crippen LogP contribution in [-0.2, 0) is 15.1 Å². The van der Waals surface area contributed by atoms with Crippen LogP contribution >= 0.6 is 23.2 Å². The van der Waals surface area contributed by atoms with Crippen LogP contribution in [0.2, 0.25) is 10.2 Å². The van der Waals surface area contributed by atoms with Crippen LogP contribution in [0.4, 0.5) is 10.2 Å². The molecule has 2 saturated heterocycles. The van der Waals surface area contributed by atoms with E-state index >= 15 is 4.39 Å². The smallest absolute Gasteiger partial charge is 0.338 e. The maximum absolute atomic E-state index is 15.9. The van der Waals surface area contributed by atoms with Gasteiger partial charge in [-0.1, -0.05) is 47.5 Å². The third-order valence-electron chi connectivity index (χ3n) is 9.09. The fourth-order valence-electron chi connectivity index (χ4n) is 7.23. The monoisotopic (exact) mass is 594 g/mol. The lowest BCUT2D eigenvalue weighted by Crippen LogP contribution is -2.53. The van der Waals surface area contributed by atoms with Crippen molar-refractivity contribution >= 4 is 40.9 Å². The van der Waals surface area contributed by atoms with Gasteiger partial charge in [-0.15, -0.1) is 0 Å². The van der Waals surface area contributed by atoms with Crippen molar-refractivity contribution in [1.29, 1.82) is 0 Å². The lowest BCUT2D eigenvalue weighted by Gasteiger charge is -2.40. The van der Waals surface area contributed by atoms with Crippen molar-refractivity contribution in [3.8, 4) is 0 Å². The van der Waals surface area contributed by atoms with Gasteiger partial charge in [-0.25, -0.2) is 14.2 Å². The molecule has 2 N–H and O–H groups in total. The molecule has 7 nitrogen and oxygen atoms in total. The topological polar surface area (TPSA) is 83.6 Å². The molecule has 1 spiro atoms. The van der Waals surface area contributed by atoms with Gasteiger partial charge < -0.3 is 15.4 Å². The molecule has 1 saturated carbocycles. The third-order valence-corrected chi connectivity index (χ3v) is 9.59. The molecule has 7 rings (SSSR count). The van der Waals surface area contributed by atoms with Crippen LogP contribution in [0, 0.1) is 11.7 Å². The van der Waals surface area contributed by atoms with Gasteiger partial charge in [0, 0.05) is 36.2 Å². The Morgan fingerprint density at radius 2 is 1.93 bits per heavy atom. The van der Waals surface area contributed by atoms with Crippen LogP contribution < -0.4 is 10.6 Å². The van der Waals surface area contributed by atoms with E-state index < -0.39 is 17.3 Å². The largest absolute Gasteiger partial charge is 0.462 e. The molecule has 1 amide bonds. The van der Waals surface area contributed by atoms with E-state index in [4.69, 9.17) is 27.9 Å². The molecule has 3 fully saturated rings. The molecule has 3 aliphatic heterocycles. The Morgan fingerprint density at radius 1 is 1.15 bits per heavy atom. The van der Waals surface area contributed by atoms with Crippen molar-refractivity contribution in [3.63, 3.8) is 0 Å². The molecule has 5 atom stereocenters. The quantitative estimate of drug-likeness (QED) is 0.276. The number of ether oxygens (including phenoxy) is 1. The fraction of sp³-hybridized carbons (Fsp3) is 0.387. The molecule has 10 heteroatoms. The molecule has 0 bridgehead atoms. The minimum Gasteiger partial charge on any atom is -0.462 e. The van der Waals surface area contributed by atoms with Gasteiger partial charge in [0.25, 0.3) is 5.91 Å². The van der Waals surface area contributed by atoms with Crippen LogP contribution in [0.15, 0.2) is 54.6 Å². The van der Waals surface area contributed by atoms with E-state index in [1.54, 1.807) is 37.3 Å². The third kappa shape index (κ3) is 4.18. The number of amides is 1. The number of likely N-dealkylation sites (tertiary alicyclic amines) is 1. The highest BCUT2D eigenvalue weighted by Gasteiger charge is 2.69. The van der Waals surface area contributed by atoms with Gasteiger partial charge in [0.15, 0.2) is 0 Å². The van der Waals surface area contributed by atoms with Crippen molar-refractivity contribution in [2.75, 3.05) is 18.5 Å². The summed E-state index contributed by atoms with van der Waals surface area (Å²) in [6.07, 6.45) is 2.90. The van der Waals surface area contributed by atoms with Crippen molar-refractivity contribution in [3.05, 3.63) is 92.8 Å². The van der Waals surface area contributed by atoms with Crippen molar-refractivity contribution < 1.29 is 18.7 Å². The highest BCUT2D eigenvalue weighted by molar-refractivity contribution is 6.31. The number of aromatic nitrogens is 1. The number of halogens is 3. The zero-order valence-corrected chi connectivity index (χ0v) is 23.9. The summed E-state index contributed by atoms with van der Waals surface area (Å²) in [6, 6.07) is 15.6. The first kappa shape index (κ1) is 26.8. The Morgan fingerprint density at radius 3 is 2.66 bits per heavy atom. The second-order valence-corrected chi connectivity index (χ2v) is 12.2. The molecule has 212 valence electrons. The Labute approximate surface area is 247 Å². The van der Waals surface area contributed by atoms with Gasteiger partial charge in [-0.05, 0) is 73.6 Å². The van der Waals surface area contributed by atoms with Crippen LogP contribution in [0.3, 0.4) is 0 Å². The Balaban J connectivity index is 1.35. The average Bonchev–Trinajstić information content (AvgIpc) is 3.53. The Hall–Kier alpha value is -3.04. The number of nitrogens with zero attached hydrogens (tertiary/aromatic N) is 2. The van der Waals surface area contributed by atoms with Gasteiger partial charge in [-0.2, -0.15) is 0 Å². The summed E-state index contributed by atoms with van der Waals surface area (Å²) in [5.74, 6) is -0.795. The van der Waals surface area contributed by atoms with E-state index in [1.807, 2.05) is 18.2 Å². The Bertz CT molecular complexity index is 1550. The van der Waals surface area contributed by atoms with Gasteiger partial charge in [-0.3, -0.25) is 9.69 Å². The summed E-state index contributed by atoms with van der Waals surface area (Å²) in [4.78, 5) is 33.2. The van der Waals surface area contributed by atoms with E-state index in [-0.39, 0.29) is 40.2 Å². The molecule has 3 aromatic rings. The van der Waals surface area contributed by atoms with E-state index in [9.17, 15) is 9.59 Å². The summed E-state index contributed by atoms with van der Waals surface area (Å²) in [7, 11) is 0. The van der Waals surface area contributed by atoms with Gasteiger partial charge in [0.2, 0.25) is 0 Å². The molecule has 1 aliphatic carbocycles. The molecule has 1 aromatic heterocycles. The number of carbonyl (C=O) groups is 2. The van der Waals surface area contributed by atoms with E-state index in [0.717, 1.165) is 18.4 Å². The highest BCUT2D eigenvalue weighted by atomic mass is 35.5. The number of hydrogen-bond acceptors (Lipinski definition) is 6. The second kappa shape index (κ2) is 10.1. The fourth-order valence-corrected chi connectivity index (χ4v) is 7.56. The van der Waals surface area contributed by atoms with E-state index in [0.29, 0.717) is 48.0 Å². The van der Waals surface area contributed by atoms with Crippen molar-refractivity contribution in [1.82, 2.24) is 15.2 Å². The summed E-state index contributed by atoms with van der Waals surface area (Å²) in [5.41, 5.74) is 1.44. The first-order valence-electron chi connectivity index (χ1n) is 14.0. The zero-order valence-electron chi connectivity index (χ0n) is 22.4. The summed E-state index contributed by atoms with van der Waals surface area (Å²) >= 11 is 12.6. The second-order valence-electron chi connectivity index (χ2n) is 11.4. The first-order valence-corrected chi connectivity index (χ1v) is 14.8. The molecular weight excluding hydrogens is 566 g/mol. The first-order chi connectivity index (χ1) is 19.8. The molecule has 0 unspecified atom stereocenters. The number of carbonyl (C=O) groups excluding carboxylic acids is 2. The minimum atomic E-state index is -1.18. The number of esters is 1. The van der Waals surface area contributed by atoms with Crippen LogP contribution in [0.1, 0.15) is 65.2 Å². The van der Waals surface area contributed by atoms with Gasteiger partial charge >= 0.3 is 5.97 Å². The maximum Gasteiger partial charge on any atom is 0.338 e. The maximum atomic E-state index is 15.9. The van der Waals surface area contributed by atoms with Crippen molar-refractivity contribution in [2.24, 2.45) is 5.92 Å². The summed E-state index contributed by atoms with van der Waals surface area (Å²) in [5, 5.41) is 7.07. The number of rotatable bonds is 6. The number of fused-ring (bicyclic) bond motifs is 3. The predicted molar refractivity (Wildman–Crippen MR) is 154 cm³/mol.